The summed E-state index contributed by atoms with van der Waals surface area (Å²) in [4.78, 5) is 22.6. The van der Waals surface area contributed by atoms with E-state index < -0.39 is 0 Å². The van der Waals surface area contributed by atoms with E-state index in [0.29, 0.717) is 5.57 Å². The number of hydrogen-bond donors (Lipinski definition) is 0. The van der Waals surface area contributed by atoms with Gasteiger partial charge in [0.2, 0.25) is 0 Å². The van der Waals surface area contributed by atoms with Crippen LogP contribution >= 0.6 is 0 Å². The molecule has 1 aliphatic carbocycles. The molecular weight excluding hydrogens is 176 g/mol. The van der Waals surface area contributed by atoms with Gasteiger partial charge in [-0.2, -0.15) is 0 Å². The molecule has 0 aliphatic heterocycles. The summed E-state index contributed by atoms with van der Waals surface area (Å²) in [5.41, 5.74) is 1.51. The number of carbonyl (C=O) groups excluding carboxylic acids is 2. The highest BCUT2D eigenvalue weighted by Gasteiger charge is 2.26. The molecule has 2 heteroatoms. The van der Waals surface area contributed by atoms with E-state index in [-0.39, 0.29) is 18.0 Å². The molecule has 78 valence electrons. The first-order chi connectivity index (χ1) is 6.66. The molecular formula is C12H18O2. The third-order valence-corrected chi connectivity index (χ3v) is 2.81. The van der Waals surface area contributed by atoms with Crippen LogP contribution in [0, 0.1) is 0 Å². The van der Waals surface area contributed by atoms with Gasteiger partial charge in [-0.1, -0.05) is 26.2 Å². The molecule has 1 aliphatic rings. The second kappa shape index (κ2) is 5.08. The maximum Gasteiger partial charge on any atom is 0.166 e. The number of Topliss-reactive ketones (excluding diaryl/α,β-unsaturated/α-hetero) is 2. The van der Waals surface area contributed by atoms with Gasteiger partial charge in [0.05, 0.1) is 6.42 Å². The number of ketones is 2. The average molecular weight is 194 g/mol. The summed E-state index contributed by atoms with van der Waals surface area (Å²) in [5.74, 6) is 0.0875. The Hall–Kier alpha value is -0.920. The van der Waals surface area contributed by atoms with Gasteiger partial charge in [0.1, 0.15) is 0 Å². The van der Waals surface area contributed by atoms with Gasteiger partial charge in [0.15, 0.2) is 11.6 Å². The van der Waals surface area contributed by atoms with Gasteiger partial charge in [-0.15, -0.1) is 0 Å². The predicted molar refractivity (Wildman–Crippen MR) is 56.1 cm³/mol. The topological polar surface area (TPSA) is 34.1 Å². The Morgan fingerprint density at radius 3 is 2.29 bits per heavy atom. The van der Waals surface area contributed by atoms with E-state index >= 15 is 0 Å². The standard InChI is InChI=1S/C12H18O2/c1-3-4-5-6-7-10-9(2)11(13)8-12(10)14/h3-8H2,1-2H3. The third kappa shape index (κ3) is 2.53. The van der Waals surface area contributed by atoms with Gasteiger partial charge in [0, 0.05) is 5.57 Å². The molecule has 0 radical (unpaired) electrons. The van der Waals surface area contributed by atoms with Gasteiger partial charge >= 0.3 is 0 Å². The highest BCUT2D eigenvalue weighted by atomic mass is 16.2. The maximum absolute atomic E-state index is 11.4. The number of hydrogen-bond acceptors (Lipinski definition) is 2. The van der Waals surface area contributed by atoms with Crippen LogP contribution in [-0.2, 0) is 9.59 Å². The fourth-order valence-electron chi connectivity index (χ4n) is 1.82. The summed E-state index contributed by atoms with van der Waals surface area (Å²) in [5, 5.41) is 0. The summed E-state index contributed by atoms with van der Waals surface area (Å²) in [6.07, 6.45) is 5.54. The molecule has 2 nitrogen and oxygen atoms in total. The maximum atomic E-state index is 11.4. The first kappa shape index (κ1) is 11.2. The second-order valence-electron chi connectivity index (χ2n) is 3.94. The smallest absolute Gasteiger partial charge is 0.166 e. The highest BCUT2D eigenvalue weighted by Crippen LogP contribution is 2.24. The molecule has 0 amide bonds. The lowest BCUT2D eigenvalue weighted by atomic mass is 10.0. The van der Waals surface area contributed by atoms with Crippen molar-refractivity contribution in [2.24, 2.45) is 0 Å². The summed E-state index contributed by atoms with van der Waals surface area (Å²) >= 11 is 0. The van der Waals surface area contributed by atoms with E-state index in [1.807, 2.05) is 0 Å². The number of unbranched alkanes of at least 4 members (excludes halogenated alkanes) is 3. The normalized spacial score (nSPS) is 17.0. The van der Waals surface area contributed by atoms with Crippen LogP contribution in [0.2, 0.25) is 0 Å². The van der Waals surface area contributed by atoms with Crippen molar-refractivity contribution in [3.05, 3.63) is 11.1 Å². The van der Waals surface area contributed by atoms with E-state index in [2.05, 4.69) is 6.92 Å². The molecule has 0 heterocycles. The first-order valence-electron chi connectivity index (χ1n) is 5.43. The van der Waals surface area contributed by atoms with Crippen molar-refractivity contribution in [1.29, 1.82) is 0 Å². The van der Waals surface area contributed by atoms with Gasteiger partial charge in [-0.3, -0.25) is 9.59 Å². The molecule has 0 saturated heterocycles. The van der Waals surface area contributed by atoms with E-state index in [4.69, 9.17) is 0 Å². The summed E-state index contributed by atoms with van der Waals surface area (Å²) < 4.78 is 0. The largest absolute Gasteiger partial charge is 0.294 e. The lowest BCUT2D eigenvalue weighted by Gasteiger charge is -2.01. The Balaban J connectivity index is 2.43. The van der Waals surface area contributed by atoms with Gasteiger partial charge in [-0.05, 0) is 25.3 Å². The summed E-state index contributed by atoms with van der Waals surface area (Å²) in [6.45, 7) is 3.94. The molecule has 0 bridgehead atoms. The fraction of sp³-hybridized carbons (Fsp3) is 0.667. The van der Waals surface area contributed by atoms with E-state index in [1.54, 1.807) is 6.92 Å². The van der Waals surface area contributed by atoms with Crippen molar-refractivity contribution in [2.45, 2.75) is 52.4 Å². The Kier molecular flexibility index (Phi) is 4.05. The minimum absolute atomic E-state index is 0.0282. The molecule has 0 aromatic heterocycles. The van der Waals surface area contributed by atoms with E-state index in [9.17, 15) is 9.59 Å². The minimum Gasteiger partial charge on any atom is -0.294 e. The minimum atomic E-state index is 0.0282. The molecule has 0 N–H and O–H groups in total. The van der Waals surface area contributed by atoms with Crippen molar-refractivity contribution in [1.82, 2.24) is 0 Å². The zero-order valence-corrected chi connectivity index (χ0v) is 9.06. The van der Waals surface area contributed by atoms with E-state index in [1.165, 1.54) is 12.8 Å². The van der Waals surface area contributed by atoms with Crippen molar-refractivity contribution in [2.75, 3.05) is 0 Å². The van der Waals surface area contributed by atoms with Crippen molar-refractivity contribution in [3.8, 4) is 0 Å². The molecule has 1 rings (SSSR count). The zero-order chi connectivity index (χ0) is 10.6. The van der Waals surface area contributed by atoms with Crippen LogP contribution in [-0.4, -0.2) is 11.6 Å². The molecule has 0 spiro atoms. The van der Waals surface area contributed by atoms with Crippen molar-refractivity contribution < 1.29 is 9.59 Å². The Bertz CT molecular complexity index is 274. The lowest BCUT2D eigenvalue weighted by molar-refractivity contribution is -0.121. The molecule has 0 fully saturated rings. The van der Waals surface area contributed by atoms with Gasteiger partial charge < -0.3 is 0 Å². The fourth-order valence-corrected chi connectivity index (χ4v) is 1.82. The van der Waals surface area contributed by atoms with Crippen LogP contribution in [0.25, 0.3) is 0 Å². The van der Waals surface area contributed by atoms with E-state index in [0.717, 1.165) is 24.8 Å². The van der Waals surface area contributed by atoms with Crippen LogP contribution in [0.1, 0.15) is 52.4 Å². The Morgan fingerprint density at radius 1 is 1.07 bits per heavy atom. The van der Waals surface area contributed by atoms with Crippen LogP contribution < -0.4 is 0 Å². The molecule has 0 unspecified atom stereocenters. The average Bonchev–Trinajstić information content (AvgIpc) is 2.38. The molecule has 0 aromatic rings. The SMILES string of the molecule is CCCCCCC1=C(C)C(=O)CC1=O. The zero-order valence-electron chi connectivity index (χ0n) is 9.06. The molecule has 14 heavy (non-hydrogen) atoms. The third-order valence-electron chi connectivity index (χ3n) is 2.81. The Morgan fingerprint density at radius 2 is 1.79 bits per heavy atom. The monoisotopic (exact) mass is 194 g/mol. The second-order valence-corrected chi connectivity index (χ2v) is 3.94. The van der Waals surface area contributed by atoms with Gasteiger partial charge in [0.25, 0.3) is 0 Å². The lowest BCUT2D eigenvalue weighted by Crippen LogP contribution is -1.97. The molecule has 0 saturated carbocycles. The van der Waals surface area contributed by atoms with Gasteiger partial charge in [-0.25, -0.2) is 0 Å². The number of rotatable bonds is 5. The van der Waals surface area contributed by atoms with Crippen LogP contribution in [0.5, 0.6) is 0 Å². The highest BCUT2D eigenvalue weighted by molar-refractivity contribution is 6.21. The quantitative estimate of drug-likeness (QED) is 0.498. The summed E-state index contributed by atoms with van der Waals surface area (Å²) in [7, 11) is 0. The van der Waals surface area contributed by atoms with Crippen molar-refractivity contribution in [3.63, 3.8) is 0 Å². The summed E-state index contributed by atoms with van der Waals surface area (Å²) in [6, 6.07) is 0. The van der Waals surface area contributed by atoms with Crippen molar-refractivity contribution >= 4 is 11.6 Å². The molecule has 0 atom stereocenters. The number of allylic oxidation sites excluding steroid dienone is 2. The van der Waals surface area contributed by atoms with Crippen LogP contribution in [0.3, 0.4) is 0 Å². The Labute approximate surface area is 85.4 Å². The molecule has 0 aromatic carbocycles. The van der Waals surface area contributed by atoms with Crippen LogP contribution in [0.4, 0.5) is 0 Å². The first-order valence-corrected chi connectivity index (χ1v) is 5.43. The number of carbonyl (C=O) groups is 2. The predicted octanol–water partition coefficient (Wildman–Crippen LogP) is 2.82. The van der Waals surface area contributed by atoms with Crippen LogP contribution in [0.15, 0.2) is 11.1 Å².